The number of nitrogens with zero attached hydrogens (tertiary/aromatic N) is 1. The van der Waals surface area contributed by atoms with Gasteiger partial charge in [-0.2, -0.15) is 0 Å². The Hall–Kier alpha value is -1.41. The van der Waals surface area contributed by atoms with Gasteiger partial charge in [-0.15, -0.1) is 0 Å². The van der Waals surface area contributed by atoms with E-state index in [0.717, 1.165) is 31.4 Å². The largest absolute Gasteiger partial charge is 0.316 e. The van der Waals surface area contributed by atoms with Gasteiger partial charge >= 0.3 is 0 Å². The average Bonchev–Trinajstić information content (AvgIpc) is 2.54. The van der Waals surface area contributed by atoms with E-state index >= 15 is 0 Å². The molecule has 2 heterocycles. The maximum atomic E-state index is 4.86. The van der Waals surface area contributed by atoms with Gasteiger partial charge in [0.05, 0.1) is 5.52 Å². The summed E-state index contributed by atoms with van der Waals surface area (Å²) in [4.78, 5) is 4.86. The van der Waals surface area contributed by atoms with Gasteiger partial charge in [0.25, 0.3) is 0 Å². The van der Waals surface area contributed by atoms with Crippen LogP contribution in [0.5, 0.6) is 0 Å². The number of rotatable bonds is 0. The highest BCUT2D eigenvalue weighted by Gasteiger charge is 2.14. The molecule has 1 aromatic carbocycles. The van der Waals surface area contributed by atoms with Crippen LogP contribution in [0, 0.1) is 13.8 Å². The van der Waals surface area contributed by atoms with Crippen LogP contribution in [0.15, 0.2) is 18.2 Å². The lowest BCUT2D eigenvalue weighted by Gasteiger charge is -2.12. The molecular weight excluding hydrogens is 208 g/mol. The predicted molar refractivity (Wildman–Crippen MR) is 71.5 cm³/mol. The highest BCUT2D eigenvalue weighted by Crippen LogP contribution is 2.25. The molecule has 0 atom stereocenters. The lowest BCUT2D eigenvalue weighted by Crippen LogP contribution is -2.16. The summed E-state index contributed by atoms with van der Waals surface area (Å²) < 4.78 is 0. The molecular formula is C15H18N2. The van der Waals surface area contributed by atoms with E-state index in [2.05, 4.69) is 37.4 Å². The van der Waals surface area contributed by atoms with Crippen LogP contribution < -0.4 is 5.32 Å². The lowest BCUT2D eigenvalue weighted by atomic mass is 9.98. The Labute approximate surface area is 102 Å². The molecule has 0 bridgehead atoms. The zero-order chi connectivity index (χ0) is 11.8. The highest BCUT2D eigenvalue weighted by molar-refractivity contribution is 5.84. The Bertz CT molecular complexity index is 573. The minimum Gasteiger partial charge on any atom is -0.316 e. The number of benzene rings is 1. The minimum atomic E-state index is 1.05. The van der Waals surface area contributed by atoms with E-state index in [1.54, 1.807) is 0 Å². The monoisotopic (exact) mass is 226 g/mol. The molecule has 1 aromatic heterocycles. The van der Waals surface area contributed by atoms with Gasteiger partial charge in [0, 0.05) is 24.0 Å². The Balaban J connectivity index is 2.29. The van der Waals surface area contributed by atoms with Crippen molar-refractivity contribution in [3.05, 3.63) is 40.6 Å². The second-order valence-electron chi connectivity index (χ2n) is 4.93. The second-order valence-corrected chi connectivity index (χ2v) is 4.93. The molecule has 0 amide bonds. The summed E-state index contributed by atoms with van der Waals surface area (Å²) in [6, 6.07) is 6.59. The topological polar surface area (TPSA) is 24.9 Å². The lowest BCUT2D eigenvalue weighted by molar-refractivity contribution is 0.708. The summed E-state index contributed by atoms with van der Waals surface area (Å²) in [5.74, 6) is 0. The second kappa shape index (κ2) is 4.11. The molecule has 0 unspecified atom stereocenters. The molecule has 1 aliphatic heterocycles. The molecule has 17 heavy (non-hydrogen) atoms. The molecule has 0 aliphatic carbocycles. The maximum Gasteiger partial charge on any atom is 0.0710 e. The zero-order valence-corrected chi connectivity index (χ0v) is 10.5. The van der Waals surface area contributed by atoms with Crippen molar-refractivity contribution in [1.82, 2.24) is 10.3 Å². The average molecular weight is 226 g/mol. The molecule has 0 saturated heterocycles. The maximum absolute atomic E-state index is 4.86. The summed E-state index contributed by atoms with van der Waals surface area (Å²) in [7, 11) is 0. The van der Waals surface area contributed by atoms with E-state index in [9.17, 15) is 0 Å². The Kier molecular flexibility index (Phi) is 2.60. The van der Waals surface area contributed by atoms with Crippen LogP contribution >= 0.6 is 0 Å². The summed E-state index contributed by atoms with van der Waals surface area (Å²) >= 11 is 0. The summed E-state index contributed by atoms with van der Waals surface area (Å²) in [6.45, 7) is 6.50. The molecule has 2 nitrogen and oxygen atoms in total. The van der Waals surface area contributed by atoms with E-state index in [-0.39, 0.29) is 0 Å². The number of nitrogens with one attached hydrogen (secondary N) is 1. The highest BCUT2D eigenvalue weighted by atomic mass is 14.9. The third-order valence-electron chi connectivity index (χ3n) is 3.70. The van der Waals surface area contributed by atoms with Crippen molar-refractivity contribution in [2.24, 2.45) is 0 Å². The van der Waals surface area contributed by atoms with Gasteiger partial charge < -0.3 is 5.32 Å². The third kappa shape index (κ3) is 1.83. The van der Waals surface area contributed by atoms with Crippen LogP contribution in [0.4, 0.5) is 0 Å². The molecule has 0 spiro atoms. The van der Waals surface area contributed by atoms with Gasteiger partial charge in [-0.05, 0) is 49.6 Å². The van der Waals surface area contributed by atoms with Gasteiger partial charge in [0.1, 0.15) is 0 Å². The predicted octanol–water partition coefficient (Wildman–Crippen LogP) is 2.54. The van der Waals surface area contributed by atoms with Gasteiger partial charge in [0.15, 0.2) is 0 Å². The van der Waals surface area contributed by atoms with Crippen molar-refractivity contribution in [1.29, 1.82) is 0 Å². The van der Waals surface area contributed by atoms with Crippen molar-refractivity contribution in [2.75, 3.05) is 13.1 Å². The third-order valence-corrected chi connectivity index (χ3v) is 3.70. The fraction of sp³-hybridized carbons (Fsp3) is 0.400. The van der Waals surface area contributed by atoms with Crippen LogP contribution in [-0.2, 0) is 12.8 Å². The van der Waals surface area contributed by atoms with Gasteiger partial charge in [-0.25, -0.2) is 0 Å². The fourth-order valence-corrected chi connectivity index (χ4v) is 2.73. The number of fused-ring (bicyclic) bond motifs is 2. The quantitative estimate of drug-likeness (QED) is 0.746. The smallest absolute Gasteiger partial charge is 0.0710 e. The molecule has 0 saturated carbocycles. The zero-order valence-electron chi connectivity index (χ0n) is 10.5. The molecule has 0 fully saturated rings. The van der Waals surface area contributed by atoms with Crippen LogP contribution in [0.3, 0.4) is 0 Å². The number of hydrogen-bond acceptors (Lipinski definition) is 2. The van der Waals surface area contributed by atoms with Crippen molar-refractivity contribution < 1.29 is 0 Å². The van der Waals surface area contributed by atoms with Crippen LogP contribution in [0.1, 0.15) is 22.4 Å². The van der Waals surface area contributed by atoms with Crippen LogP contribution in [-0.4, -0.2) is 18.1 Å². The number of hydrogen-bond donors (Lipinski definition) is 1. The Morgan fingerprint density at radius 1 is 1.12 bits per heavy atom. The van der Waals surface area contributed by atoms with Crippen molar-refractivity contribution >= 4 is 10.9 Å². The number of pyridine rings is 1. The minimum absolute atomic E-state index is 1.05. The first-order valence-electron chi connectivity index (χ1n) is 6.35. The number of aromatic nitrogens is 1. The van der Waals surface area contributed by atoms with E-state index in [1.165, 1.54) is 27.8 Å². The summed E-state index contributed by atoms with van der Waals surface area (Å²) in [5, 5.41) is 4.76. The standard InChI is InChI=1S/C15H18N2/c1-10-3-4-12-11(2)13-5-7-16-8-6-14(13)17-15(12)9-10/h3-4,9,16H,5-8H2,1-2H3. The molecule has 2 heteroatoms. The van der Waals surface area contributed by atoms with E-state index in [4.69, 9.17) is 4.98 Å². The van der Waals surface area contributed by atoms with Crippen molar-refractivity contribution in [3.63, 3.8) is 0 Å². The SMILES string of the molecule is Cc1ccc2c(C)c3c(nc2c1)CCNCC3. The Morgan fingerprint density at radius 2 is 1.94 bits per heavy atom. The Morgan fingerprint density at radius 3 is 2.82 bits per heavy atom. The van der Waals surface area contributed by atoms with Gasteiger partial charge in [-0.3, -0.25) is 4.98 Å². The van der Waals surface area contributed by atoms with E-state index in [1.807, 2.05) is 0 Å². The van der Waals surface area contributed by atoms with Crippen LogP contribution in [0.2, 0.25) is 0 Å². The van der Waals surface area contributed by atoms with Crippen molar-refractivity contribution in [2.45, 2.75) is 26.7 Å². The first-order valence-corrected chi connectivity index (χ1v) is 6.35. The van der Waals surface area contributed by atoms with E-state index < -0.39 is 0 Å². The first kappa shape index (κ1) is 10.7. The molecule has 1 N–H and O–H groups in total. The first-order chi connectivity index (χ1) is 8.25. The molecule has 1 aliphatic rings. The van der Waals surface area contributed by atoms with Crippen molar-refractivity contribution in [3.8, 4) is 0 Å². The van der Waals surface area contributed by atoms with Gasteiger partial charge in [0.2, 0.25) is 0 Å². The van der Waals surface area contributed by atoms with Crippen LogP contribution in [0.25, 0.3) is 10.9 Å². The molecule has 0 radical (unpaired) electrons. The number of aryl methyl sites for hydroxylation is 2. The molecule has 2 aromatic rings. The van der Waals surface area contributed by atoms with Gasteiger partial charge in [-0.1, -0.05) is 12.1 Å². The molecule has 3 rings (SSSR count). The molecule has 88 valence electrons. The summed E-state index contributed by atoms with van der Waals surface area (Å²) in [5.41, 5.74) is 6.63. The van der Waals surface area contributed by atoms with E-state index in [0.29, 0.717) is 0 Å². The normalized spacial score (nSPS) is 15.6. The summed E-state index contributed by atoms with van der Waals surface area (Å²) in [6.07, 6.45) is 2.16. The fourth-order valence-electron chi connectivity index (χ4n) is 2.73.